The summed E-state index contributed by atoms with van der Waals surface area (Å²) in [6.07, 6.45) is 2.42. The molecule has 2 rings (SSSR count). The lowest BCUT2D eigenvalue weighted by atomic mass is 9.93. The number of carbonyl (C=O) groups is 1. The molecule has 0 saturated carbocycles. The van der Waals surface area contributed by atoms with E-state index in [0.717, 1.165) is 6.42 Å². The summed E-state index contributed by atoms with van der Waals surface area (Å²) in [7, 11) is 0. The number of halogens is 1. The lowest BCUT2D eigenvalue weighted by molar-refractivity contribution is 0.0773. The molecule has 0 radical (unpaired) electrons. The number of carbonyl (C=O) groups excluding carboxylic acids is 1. The van der Waals surface area contributed by atoms with Crippen molar-refractivity contribution < 1.29 is 9.18 Å². The molecule has 0 unspecified atom stereocenters. The first-order chi connectivity index (χ1) is 8.94. The van der Waals surface area contributed by atoms with Crippen LogP contribution in [0.5, 0.6) is 0 Å². The highest BCUT2D eigenvalue weighted by Crippen LogP contribution is 2.30. The first-order valence-corrected chi connectivity index (χ1v) is 6.62. The minimum Gasteiger partial charge on any atom is -0.368 e. The molecule has 0 aromatic carbocycles. The van der Waals surface area contributed by atoms with Crippen molar-refractivity contribution in [2.24, 2.45) is 5.41 Å². The van der Waals surface area contributed by atoms with Gasteiger partial charge in [-0.1, -0.05) is 13.8 Å². The second kappa shape index (κ2) is 5.15. The number of nitrogens with one attached hydrogen (secondary N) is 1. The predicted octanol–water partition coefficient (Wildman–Crippen LogP) is 2.52. The largest absolute Gasteiger partial charge is 0.368 e. The summed E-state index contributed by atoms with van der Waals surface area (Å²) in [6.45, 7) is 8.02. The second-order valence-electron chi connectivity index (χ2n) is 5.69. The topological polar surface area (TPSA) is 45.2 Å². The molecule has 1 saturated heterocycles. The van der Waals surface area contributed by atoms with Crippen LogP contribution in [0.1, 0.15) is 37.6 Å². The van der Waals surface area contributed by atoms with Gasteiger partial charge in [0.15, 0.2) is 11.6 Å². The van der Waals surface area contributed by atoms with E-state index in [1.165, 1.54) is 12.3 Å². The quantitative estimate of drug-likeness (QED) is 0.913. The van der Waals surface area contributed by atoms with E-state index in [2.05, 4.69) is 24.1 Å². The molecule has 1 N–H and O–H groups in total. The molecular weight excluding hydrogens is 245 g/mol. The molecule has 19 heavy (non-hydrogen) atoms. The second-order valence-corrected chi connectivity index (χ2v) is 5.69. The van der Waals surface area contributed by atoms with Crippen molar-refractivity contribution in [1.29, 1.82) is 0 Å². The predicted molar refractivity (Wildman–Crippen MR) is 72.7 cm³/mol. The summed E-state index contributed by atoms with van der Waals surface area (Å²) in [6, 6.07) is 1.45. The van der Waals surface area contributed by atoms with Gasteiger partial charge >= 0.3 is 0 Å². The Bertz CT molecular complexity index is 488. The Labute approximate surface area is 113 Å². The van der Waals surface area contributed by atoms with Crippen LogP contribution in [0.15, 0.2) is 12.3 Å². The fourth-order valence-corrected chi connectivity index (χ4v) is 2.36. The zero-order valence-corrected chi connectivity index (χ0v) is 11.7. The zero-order valence-electron chi connectivity index (χ0n) is 11.7. The van der Waals surface area contributed by atoms with E-state index in [9.17, 15) is 9.18 Å². The number of aromatic nitrogens is 1. The van der Waals surface area contributed by atoms with Crippen LogP contribution in [0.3, 0.4) is 0 Å². The van der Waals surface area contributed by atoms with Gasteiger partial charge in [-0.05, 0) is 24.8 Å². The summed E-state index contributed by atoms with van der Waals surface area (Å²) in [5.41, 5.74) is 0.215. The molecule has 1 fully saturated rings. The summed E-state index contributed by atoms with van der Waals surface area (Å²) in [5, 5.41) is 2.82. The molecular formula is C14H20FN3O. The number of pyridine rings is 1. The van der Waals surface area contributed by atoms with Crippen LogP contribution in [-0.4, -0.2) is 35.4 Å². The fourth-order valence-electron chi connectivity index (χ4n) is 2.36. The van der Waals surface area contributed by atoms with Crippen LogP contribution in [0.25, 0.3) is 0 Å². The van der Waals surface area contributed by atoms with Crippen molar-refractivity contribution in [2.75, 3.05) is 25.0 Å². The molecule has 1 aliphatic rings. The van der Waals surface area contributed by atoms with E-state index in [-0.39, 0.29) is 22.7 Å². The van der Waals surface area contributed by atoms with Crippen LogP contribution in [0.4, 0.5) is 10.2 Å². The van der Waals surface area contributed by atoms with Gasteiger partial charge in [-0.15, -0.1) is 0 Å². The van der Waals surface area contributed by atoms with Gasteiger partial charge in [0, 0.05) is 25.8 Å². The van der Waals surface area contributed by atoms with Crippen molar-refractivity contribution in [3.05, 3.63) is 23.6 Å². The average molecular weight is 265 g/mol. The molecule has 0 bridgehead atoms. The normalized spacial score (nSPS) is 17.6. The fraction of sp³-hybridized carbons (Fsp3) is 0.571. The van der Waals surface area contributed by atoms with Crippen molar-refractivity contribution in [2.45, 2.75) is 27.2 Å². The van der Waals surface area contributed by atoms with Gasteiger partial charge in [0.1, 0.15) is 0 Å². The Morgan fingerprint density at radius 1 is 1.58 bits per heavy atom. The van der Waals surface area contributed by atoms with E-state index in [4.69, 9.17) is 0 Å². The molecule has 4 nitrogen and oxygen atoms in total. The van der Waals surface area contributed by atoms with E-state index in [0.29, 0.717) is 19.6 Å². The summed E-state index contributed by atoms with van der Waals surface area (Å²) >= 11 is 0. The molecule has 1 aromatic rings. The van der Waals surface area contributed by atoms with Crippen LogP contribution in [0, 0.1) is 11.2 Å². The molecule has 1 amide bonds. The van der Waals surface area contributed by atoms with Gasteiger partial charge in [-0.3, -0.25) is 4.79 Å². The molecule has 104 valence electrons. The Balaban J connectivity index is 2.22. The SMILES string of the molecule is CCNc1nccc(C(=O)N2CCC(C)(C)C2)c1F. The Hall–Kier alpha value is -1.65. The van der Waals surface area contributed by atoms with Crippen molar-refractivity contribution in [3.8, 4) is 0 Å². The van der Waals surface area contributed by atoms with Crippen molar-refractivity contribution in [1.82, 2.24) is 9.88 Å². The maximum absolute atomic E-state index is 14.2. The number of anilines is 1. The van der Waals surface area contributed by atoms with Gasteiger partial charge in [-0.25, -0.2) is 9.37 Å². The van der Waals surface area contributed by atoms with Gasteiger partial charge in [0.05, 0.1) is 5.56 Å². The zero-order chi connectivity index (χ0) is 14.0. The first-order valence-electron chi connectivity index (χ1n) is 6.62. The third kappa shape index (κ3) is 2.85. The van der Waals surface area contributed by atoms with Crippen LogP contribution in [0.2, 0.25) is 0 Å². The summed E-state index contributed by atoms with van der Waals surface area (Å²) in [4.78, 5) is 18.0. The third-order valence-corrected chi connectivity index (χ3v) is 3.43. The number of hydrogen-bond acceptors (Lipinski definition) is 3. The monoisotopic (exact) mass is 265 g/mol. The number of nitrogens with zero attached hydrogens (tertiary/aromatic N) is 2. The van der Waals surface area contributed by atoms with Crippen molar-refractivity contribution >= 4 is 11.7 Å². The molecule has 1 aliphatic heterocycles. The summed E-state index contributed by atoms with van der Waals surface area (Å²) in [5.74, 6) is -0.657. The number of amides is 1. The van der Waals surface area contributed by atoms with E-state index < -0.39 is 5.82 Å². The van der Waals surface area contributed by atoms with Gasteiger partial charge in [0.2, 0.25) is 0 Å². The molecule has 5 heteroatoms. The summed E-state index contributed by atoms with van der Waals surface area (Å²) < 4.78 is 14.2. The lowest BCUT2D eigenvalue weighted by Gasteiger charge is -2.20. The minimum absolute atomic E-state index is 0.101. The van der Waals surface area contributed by atoms with E-state index >= 15 is 0 Å². The molecule has 0 atom stereocenters. The molecule has 0 aliphatic carbocycles. The third-order valence-electron chi connectivity index (χ3n) is 3.43. The van der Waals surface area contributed by atoms with Crippen LogP contribution >= 0.6 is 0 Å². The maximum Gasteiger partial charge on any atom is 0.257 e. The molecule has 1 aromatic heterocycles. The lowest BCUT2D eigenvalue weighted by Crippen LogP contribution is -2.31. The first kappa shape index (κ1) is 13.8. The van der Waals surface area contributed by atoms with Gasteiger partial charge < -0.3 is 10.2 Å². The number of hydrogen-bond donors (Lipinski definition) is 1. The highest BCUT2D eigenvalue weighted by molar-refractivity contribution is 5.95. The van der Waals surface area contributed by atoms with Crippen LogP contribution < -0.4 is 5.32 Å². The number of rotatable bonds is 3. The maximum atomic E-state index is 14.2. The number of likely N-dealkylation sites (tertiary alicyclic amines) is 1. The molecule has 0 spiro atoms. The average Bonchev–Trinajstić information content (AvgIpc) is 2.72. The Kier molecular flexibility index (Phi) is 3.73. The van der Waals surface area contributed by atoms with E-state index in [1.807, 2.05) is 6.92 Å². The Morgan fingerprint density at radius 2 is 2.32 bits per heavy atom. The van der Waals surface area contributed by atoms with Crippen molar-refractivity contribution in [3.63, 3.8) is 0 Å². The molecule has 2 heterocycles. The van der Waals surface area contributed by atoms with Gasteiger partial charge in [0.25, 0.3) is 5.91 Å². The van der Waals surface area contributed by atoms with E-state index in [1.54, 1.807) is 4.90 Å². The Morgan fingerprint density at radius 3 is 2.89 bits per heavy atom. The highest BCUT2D eigenvalue weighted by Gasteiger charge is 2.33. The van der Waals surface area contributed by atoms with Crippen LogP contribution in [-0.2, 0) is 0 Å². The van der Waals surface area contributed by atoms with Gasteiger partial charge in [-0.2, -0.15) is 0 Å². The standard InChI is InChI=1S/C14H20FN3O/c1-4-16-12-11(15)10(5-7-17-12)13(19)18-8-6-14(2,3)9-18/h5,7H,4,6,8-9H2,1-3H3,(H,16,17). The highest BCUT2D eigenvalue weighted by atomic mass is 19.1. The minimum atomic E-state index is -0.556. The smallest absolute Gasteiger partial charge is 0.257 e.